The van der Waals surface area contributed by atoms with Gasteiger partial charge in [0.25, 0.3) is 0 Å². The predicted octanol–water partition coefficient (Wildman–Crippen LogP) is 10.9. The number of ether oxygens (including phenoxy) is 5. The summed E-state index contributed by atoms with van der Waals surface area (Å²) < 4.78 is 31.0. The van der Waals surface area contributed by atoms with Gasteiger partial charge in [0, 0.05) is 11.8 Å². The second-order valence-electron chi connectivity index (χ2n) is 14.4. The molecular formula is C43H52O5. The van der Waals surface area contributed by atoms with Crippen molar-refractivity contribution in [1.82, 2.24) is 0 Å². The Morgan fingerprint density at radius 1 is 0.542 bits per heavy atom. The number of hydrogen-bond acceptors (Lipinski definition) is 5. The topological polar surface area (TPSA) is 46.2 Å². The quantitative estimate of drug-likeness (QED) is 0.171. The Bertz CT molecular complexity index is 1760. The van der Waals surface area contributed by atoms with E-state index in [0.29, 0.717) is 11.8 Å². The van der Waals surface area contributed by atoms with Crippen molar-refractivity contribution in [2.75, 3.05) is 6.79 Å². The molecule has 0 radical (unpaired) electrons. The summed E-state index contributed by atoms with van der Waals surface area (Å²) in [5.41, 5.74) is 9.79. The average molecular weight is 649 g/mol. The van der Waals surface area contributed by atoms with Crippen LogP contribution in [0.1, 0.15) is 110 Å². The molecule has 4 aromatic carbocycles. The molecule has 0 amide bonds. The normalized spacial score (nSPS) is 22.6. The lowest BCUT2D eigenvalue weighted by Crippen LogP contribution is -2.20. The van der Waals surface area contributed by atoms with Crippen LogP contribution in [0.15, 0.2) is 72.8 Å². The van der Waals surface area contributed by atoms with Crippen LogP contribution in [0, 0.1) is 39.5 Å². The van der Waals surface area contributed by atoms with E-state index in [1.54, 1.807) is 0 Å². The first-order chi connectivity index (χ1) is 22.9. The van der Waals surface area contributed by atoms with Gasteiger partial charge in [-0.3, -0.25) is 0 Å². The fourth-order valence-electron chi connectivity index (χ4n) is 7.08. The molecule has 0 saturated carbocycles. The van der Waals surface area contributed by atoms with Crippen LogP contribution in [0.3, 0.4) is 0 Å². The standard InChI is InChI=1S/C43H52O5/c1-24-11-12-34(19-25(24)2)30(7)32(9)46-38-16-14-36(20-26(38)3)42-28(5)29(6)43(48-42)37-15-17-39(27(4)21-37)47-33(10)31(8)35-13-18-40-41(22-35)45-23-44-40/h11-22,28-33,42-43H,23H2,1-10H3. The lowest BCUT2D eigenvalue weighted by molar-refractivity contribution is 0.0289. The number of rotatable bonds is 10. The van der Waals surface area contributed by atoms with Crippen molar-refractivity contribution >= 4 is 0 Å². The maximum atomic E-state index is 6.86. The van der Waals surface area contributed by atoms with Gasteiger partial charge in [-0.1, -0.05) is 64.1 Å². The zero-order chi connectivity index (χ0) is 34.3. The van der Waals surface area contributed by atoms with E-state index in [1.807, 2.05) is 6.07 Å². The molecule has 5 heteroatoms. The average Bonchev–Trinajstić information content (AvgIpc) is 3.66. The van der Waals surface area contributed by atoms with Crippen LogP contribution >= 0.6 is 0 Å². The van der Waals surface area contributed by atoms with Gasteiger partial charge in [-0.05, 0) is 134 Å². The smallest absolute Gasteiger partial charge is 0.231 e. The molecule has 0 N–H and O–H groups in total. The number of aryl methyl sites for hydroxylation is 4. The van der Waals surface area contributed by atoms with Crippen LogP contribution in [0.2, 0.25) is 0 Å². The lowest BCUT2D eigenvalue weighted by atomic mass is 9.85. The van der Waals surface area contributed by atoms with Crippen LogP contribution < -0.4 is 18.9 Å². The van der Waals surface area contributed by atoms with E-state index in [-0.39, 0.29) is 43.0 Å². The summed E-state index contributed by atoms with van der Waals surface area (Å²) in [5, 5.41) is 0. The van der Waals surface area contributed by atoms with Gasteiger partial charge in [-0.2, -0.15) is 0 Å². The van der Waals surface area contributed by atoms with Crippen molar-refractivity contribution in [3.05, 3.63) is 117 Å². The molecule has 6 rings (SSSR count). The Kier molecular flexibility index (Phi) is 9.81. The van der Waals surface area contributed by atoms with Crippen LogP contribution in [0.4, 0.5) is 0 Å². The van der Waals surface area contributed by atoms with Crippen molar-refractivity contribution in [2.45, 2.75) is 105 Å². The third-order valence-corrected chi connectivity index (χ3v) is 11.1. The minimum atomic E-state index is -0.0193. The van der Waals surface area contributed by atoms with E-state index in [1.165, 1.54) is 33.4 Å². The molecule has 1 fully saturated rings. The summed E-state index contributed by atoms with van der Waals surface area (Å²) >= 11 is 0. The van der Waals surface area contributed by atoms with Gasteiger partial charge >= 0.3 is 0 Å². The molecule has 2 heterocycles. The van der Waals surface area contributed by atoms with Crippen LogP contribution in [0.5, 0.6) is 23.0 Å². The summed E-state index contributed by atoms with van der Waals surface area (Å²) in [4.78, 5) is 0. The highest BCUT2D eigenvalue weighted by molar-refractivity contribution is 5.46. The highest BCUT2D eigenvalue weighted by atomic mass is 16.7. The predicted molar refractivity (Wildman–Crippen MR) is 193 cm³/mol. The zero-order valence-corrected chi connectivity index (χ0v) is 30.3. The van der Waals surface area contributed by atoms with E-state index in [4.69, 9.17) is 23.7 Å². The van der Waals surface area contributed by atoms with Gasteiger partial charge in [-0.15, -0.1) is 0 Å². The highest BCUT2D eigenvalue weighted by Crippen LogP contribution is 2.50. The first-order valence-corrected chi connectivity index (χ1v) is 17.6. The first kappa shape index (κ1) is 33.9. The molecule has 0 bridgehead atoms. The minimum Gasteiger partial charge on any atom is -0.490 e. The molecule has 48 heavy (non-hydrogen) atoms. The van der Waals surface area contributed by atoms with E-state index in [0.717, 1.165) is 34.1 Å². The molecule has 2 aliphatic heterocycles. The molecule has 0 aromatic heterocycles. The van der Waals surface area contributed by atoms with Gasteiger partial charge in [0.05, 0.1) is 12.2 Å². The fourth-order valence-corrected chi connectivity index (χ4v) is 7.08. The van der Waals surface area contributed by atoms with Gasteiger partial charge < -0.3 is 23.7 Å². The monoisotopic (exact) mass is 648 g/mol. The summed E-state index contributed by atoms with van der Waals surface area (Å²) in [7, 11) is 0. The number of benzene rings is 4. The maximum Gasteiger partial charge on any atom is 0.231 e. The van der Waals surface area contributed by atoms with Gasteiger partial charge in [0.1, 0.15) is 23.7 Å². The van der Waals surface area contributed by atoms with Gasteiger partial charge in [-0.25, -0.2) is 0 Å². The number of fused-ring (bicyclic) bond motifs is 1. The fraction of sp³-hybridized carbons (Fsp3) is 0.442. The van der Waals surface area contributed by atoms with E-state index in [9.17, 15) is 0 Å². The number of hydrogen-bond donors (Lipinski definition) is 0. The molecule has 2 aliphatic rings. The van der Waals surface area contributed by atoms with Gasteiger partial charge in [0.15, 0.2) is 11.5 Å². The minimum absolute atomic E-state index is 0.0119. The van der Waals surface area contributed by atoms with Crippen molar-refractivity contribution < 1.29 is 23.7 Å². The third kappa shape index (κ3) is 6.80. The molecule has 5 nitrogen and oxygen atoms in total. The summed E-state index contributed by atoms with van der Waals surface area (Å²) in [6.45, 7) is 22.2. The summed E-state index contributed by atoms with van der Waals surface area (Å²) in [6.07, 6.45) is 0.0585. The highest BCUT2D eigenvalue weighted by Gasteiger charge is 2.41. The van der Waals surface area contributed by atoms with Crippen LogP contribution in [-0.4, -0.2) is 19.0 Å². The molecule has 0 spiro atoms. The Balaban J connectivity index is 1.11. The van der Waals surface area contributed by atoms with Crippen molar-refractivity contribution in [2.24, 2.45) is 11.8 Å². The Labute approximate surface area is 287 Å². The van der Waals surface area contributed by atoms with E-state index >= 15 is 0 Å². The van der Waals surface area contributed by atoms with Crippen molar-refractivity contribution in [1.29, 1.82) is 0 Å². The second-order valence-corrected chi connectivity index (χ2v) is 14.4. The van der Waals surface area contributed by atoms with E-state index < -0.39 is 0 Å². The molecule has 254 valence electrons. The first-order valence-electron chi connectivity index (χ1n) is 17.6. The zero-order valence-electron chi connectivity index (χ0n) is 30.3. The molecule has 0 aliphatic carbocycles. The Morgan fingerprint density at radius 2 is 1.04 bits per heavy atom. The van der Waals surface area contributed by atoms with Crippen molar-refractivity contribution in [3.63, 3.8) is 0 Å². The molecule has 8 unspecified atom stereocenters. The van der Waals surface area contributed by atoms with Crippen molar-refractivity contribution in [3.8, 4) is 23.0 Å². The lowest BCUT2D eigenvalue weighted by Gasteiger charge is -2.24. The summed E-state index contributed by atoms with van der Waals surface area (Å²) in [5.74, 6) is 4.64. The Morgan fingerprint density at radius 3 is 1.56 bits per heavy atom. The molecular weight excluding hydrogens is 596 g/mol. The SMILES string of the molecule is Cc1ccc(C(C)C(C)Oc2ccc(C3OC(c4ccc(OC(C)C(C)c5ccc6c(c5)OCO6)c(C)c4)C(C)C3C)cc2C)cc1C. The Hall–Kier alpha value is -3.96. The second kappa shape index (κ2) is 13.9. The third-order valence-electron chi connectivity index (χ3n) is 11.1. The molecule has 1 saturated heterocycles. The molecule has 4 aromatic rings. The largest absolute Gasteiger partial charge is 0.490 e. The van der Waals surface area contributed by atoms with Crippen LogP contribution in [0.25, 0.3) is 0 Å². The van der Waals surface area contributed by atoms with E-state index in [2.05, 4.69) is 136 Å². The van der Waals surface area contributed by atoms with Gasteiger partial charge in [0.2, 0.25) is 6.79 Å². The van der Waals surface area contributed by atoms with Crippen LogP contribution in [-0.2, 0) is 4.74 Å². The summed E-state index contributed by atoms with van der Waals surface area (Å²) in [6, 6.07) is 26.0. The molecule has 8 atom stereocenters. The maximum absolute atomic E-state index is 6.86.